The molecule has 174 valence electrons. The van der Waals surface area contributed by atoms with E-state index in [4.69, 9.17) is 5.10 Å². The Kier molecular flexibility index (Phi) is 5.93. The lowest BCUT2D eigenvalue weighted by atomic mass is 10.1. The maximum absolute atomic E-state index is 13.3. The second-order valence-corrected chi connectivity index (χ2v) is 8.18. The van der Waals surface area contributed by atoms with E-state index in [9.17, 15) is 9.18 Å². The summed E-state index contributed by atoms with van der Waals surface area (Å²) in [5.41, 5.74) is 4.22. The first-order valence-electron chi connectivity index (χ1n) is 11.1. The van der Waals surface area contributed by atoms with E-state index >= 15 is 0 Å². The third-order valence-electron chi connectivity index (χ3n) is 5.64. The normalized spacial score (nSPS) is 10.9. The van der Waals surface area contributed by atoms with Crippen molar-refractivity contribution in [2.45, 2.75) is 13.5 Å². The van der Waals surface area contributed by atoms with Crippen molar-refractivity contribution >= 4 is 5.91 Å². The largest absolute Gasteiger partial charge is 0.334 e. The number of carbonyl (C=O) groups is 1. The summed E-state index contributed by atoms with van der Waals surface area (Å²) in [5.74, 6) is -0.0467. The molecule has 0 atom stereocenters. The van der Waals surface area contributed by atoms with Gasteiger partial charge in [0.1, 0.15) is 11.6 Å². The fourth-order valence-corrected chi connectivity index (χ4v) is 3.88. The van der Waals surface area contributed by atoms with E-state index in [-0.39, 0.29) is 17.5 Å². The summed E-state index contributed by atoms with van der Waals surface area (Å²) in [4.78, 5) is 19.1. The molecule has 5 rings (SSSR count). The molecule has 35 heavy (non-hydrogen) atoms. The van der Waals surface area contributed by atoms with Crippen LogP contribution in [0.5, 0.6) is 0 Å². The van der Waals surface area contributed by atoms with Gasteiger partial charge in [-0.2, -0.15) is 5.10 Å². The molecule has 0 bridgehead atoms. The van der Waals surface area contributed by atoms with Crippen molar-refractivity contribution in [2.24, 2.45) is 0 Å². The topological polar surface area (TPSA) is 68.8 Å². The van der Waals surface area contributed by atoms with Crippen LogP contribution in [-0.4, -0.2) is 42.4 Å². The molecule has 0 spiro atoms. The number of hydrogen-bond donors (Lipinski definition) is 0. The molecule has 0 aliphatic heterocycles. The summed E-state index contributed by atoms with van der Waals surface area (Å²) in [6.45, 7) is 2.07. The lowest BCUT2D eigenvalue weighted by Gasteiger charge is -2.15. The summed E-state index contributed by atoms with van der Waals surface area (Å²) in [7, 11) is 1.71. The van der Waals surface area contributed by atoms with Crippen molar-refractivity contribution in [3.63, 3.8) is 0 Å². The van der Waals surface area contributed by atoms with E-state index < -0.39 is 0 Å². The molecule has 2 heterocycles. The lowest BCUT2D eigenvalue weighted by Crippen LogP contribution is -2.27. The number of halogens is 1. The summed E-state index contributed by atoms with van der Waals surface area (Å²) in [5, 5.41) is 9.19. The fraction of sp³-hybridized carbons (Fsp3) is 0.111. The Morgan fingerprint density at radius 3 is 2.23 bits per heavy atom. The molecule has 8 heteroatoms. The number of carbonyl (C=O) groups excluding carboxylic acids is 1. The van der Waals surface area contributed by atoms with Crippen LogP contribution < -0.4 is 0 Å². The van der Waals surface area contributed by atoms with Gasteiger partial charge in [0.05, 0.1) is 17.1 Å². The summed E-state index contributed by atoms with van der Waals surface area (Å²) >= 11 is 0. The van der Waals surface area contributed by atoms with Gasteiger partial charge in [-0.3, -0.25) is 4.79 Å². The van der Waals surface area contributed by atoms with Gasteiger partial charge in [0, 0.05) is 30.9 Å². The molecule has 2 aromatic heterocycles. The molecule has 0 fully saturated rings. The van der Waals surface area contributed by atoms with Crippen LogP contribution in [0.4, 0.5) is 4.39 Å². The van der Waals surface area contributed by atoms with E-state index in [0.29, 0.717) is 18.1 Å². The molecule has 0 N–H and O–H groups in total. The Bertz CT molecular complexity index is 1460. The van der Waals surface area contributed by atoms with Gasteiger partial charge in [-0.05, 0) is 43.3 Å². The van der Waals surface area contributed by atoms with Crippen LogP contribution >= 0.6 is 0 Å². The van der Waals surface area contributed by atoms with Gasteiger partial charge in [-0.15, -0.1) is 5.10 Å². The minimum absolute atomic E-state index is 0.0750. The predicted octanol–water partition coefficient (Wildman–Crippen LogP) is 4.84. The molecule has 0 aliphatic carbocycles. The third-order valence-corrected chi connectivity index (χ3v) is 5.64. The first-order chi connectivity index (χ1) is 17.0. The molecular weight excluding hydrogens is 443 g/mol. The van der Waals surface area contributed by atoms with Gasteiger partial charge in [0.15, 0.2) is 0 Å². The summed E-state index contributed by atoms with van der Waals surface area (Å²) < 4.78 is 16.7. The monoisotopic (exact) mass is 466 g/mol. The van der Waals surface area contributed by atoms with Crippen molar-refractivity contribution < 1.29 is 9.18 Å². The zero-order valence-electron chi connectivity index (χ0n) is 19.3. The van der Waals surface area contributed by atoms with Crippen LogP contribution in [0.1, 0.15) is 22.0 Å². The Hall–Kier alpha value is -4.59. The zero-order valence-corrected chi connectivity index (χ0v) is 19.3. The highest BCUT2D eigenvalue weighted by molar-refractivity contribution is 5.90. The highest BCUT2D eigenvalue weighted by Gasteiger charge is 2.22. The number of aromatic nitrogens is 5. The van der Waals surface area contributed by atoms with Crippen molar-refractivity contribution in [3.8, 4) is 22.6 Å². The van der Waals surface area contributed by atoms with Gasteiger partial charge in [0.2, 0.25) is 5.82 Å². The van der Waals surface area contributed by atoms with Crippen molar-refractivity contribution in [3.05, 3.63) is 114 Å². The molecule has 3 aromatic carbocycles. The van der Waals surface area contributed by atoms with E-state index in [1.54, 1.807) is 31.0 Å². The average Bonchev–Trinajstić information content (AvgIpc) is 3.49. The van der Waals surface area contributed by atoms with Crippen molar-refractivity contribution in [1.29, 1.82) is 0 Å². The van der Waals surface area contributed by atoms with Gasteiger partial charge in [0.25, 0.3) is 5.91 Å². The first kappa shape index (κ1) is 22.2. The van der Waals surface area contributed by atoms with Crippen molar-refractivity contribution in [1.82, 2.24) is 29.4 Å². The number of aryl methyl sites for hydroxylation is 1. The average molecular weight is 467 g/mol. The minimum Gasteiger partial charge on any atom is -0.334 e. The second-order valence-electron chi connectivity index (χ2n) is 8.18. The first-order valence-corrected chi connectivity index (χ1v) is 11.1. The molecule has 0 aliphatic rings. The fourth-order valence-electron chi connectivity index (χ4n) is 3.88. The smallest absolute Gasteiger partial charge is 0.293 e. The SMILES string of the molecule is Cc1nc(C(=O)N(C)Cc2cn(-c3ccccc3)nc2-c2ccccc2)nn1-c1ccc(F)cc1. The number of para-hydroxylation sites is 1. The van der Waals surface area contributed by atoms with E-state index in [1.807, 2.05) is 71.5 Å². The number of amides is 1. The zero-order chi connectivity index (χ0) is 24.4. The highest BCUT2D eigenvalue weighted by Crippen LogP contribution is 2.25. The standard InChI is InChI=1S/C27H23FN6O/c1-19-29-26(31-34(19)24-15-13-22(28)14-16-24)27(35)32(2)17-21-18-33(23-11-7-4-8-12-23)30-25(21)20-9-5-3-6-10-20/h3-16,18H,17H2,1-2H3. The second kappa shape index (κ2) is 9.34. The van der Waals surface area contributed by atoms with Gasteiger partial charge < -0.3 is 4.90 Å². The molecular formula is C27H23FN6O. The maximum Gasteiger partial charge on any atom is 0.293 e. The Labute approximate surface area is 202 Å². The van der Waals surface area contributed by atoms with E-state index in [0.717, 1.165) is 22.5 Å². The van der Waals surface area contributed by atoms with E-state index in [1.165, 1.54) is 16.8 Å². The van der Waals surface area contributed by atoms with Gasteiger partial charge >= 0.3 is 0 Å². The molecule has 0 radical (unpaired) electrons. The Morgan fingerprint density at radius 1 is 0.886 bits per heavy atom. The van der Waals surface area contributed by atoms with Gasteiger partial charge in [-0.25, -0.2) is 18.7 Å². The molecule has 7 nitrogen and oxygen atoms in total. The highest BCUT2D eigenvalue weighted by atomic mass is 19.1. The van der Waals surface area contributed by atoms with Gasteiger partial charge in [-0.1, -0.05) is 48.5 Å². The van der Waals surface area contributed by atoms with E-state index in [2.05, 4.69) is 10.1 Å². The third kappa shape index (κ3) is 4.59. The quantitative estimate of drug-likeness (QED) is 0.359. The Morgan fingerprint density at radius 2 is 1.54 bits per heavy atom. The molecule has 0 unspecified atom stereocenters. The number of hydrogen-bond acceptors (Lipinski definition) is 4. The summed E-state index contributed by atoms with van der Waals surface area (Å²) in [6, 6.07) is 25.6. The molecule has 1 amide bonds. The summed E-state index contributed by atoms with van der Waals surface area (Å²) in [6.07, 6.45) is 1.94. The predicted molar refractivity (Wildman–Crippen MR) is 131 cm³/mol. The molecule has 0 saturated carbocycles. The Balaban J connectivity index is 1.44. The number of nitrogens with zero attached hydrogens (tertiary/aromatic N) is 6. The minimum atomic E-state index is -0.340. The lowest BCUT2D eigenvalue weighted by molar-refractivity contribution is 0.0773. The van der Waals surface area contributed by atoms with Crippen LogP contribution in [0, 0.1) is 12.7 Å². The number of rotatable bonds is 6. The van der Waals surface area contributed by atoms with Crippen LogP contribution in [0.3, 0.4) is 0 Å². The maximum atomic E-state index is 13.3. The van der Waals surface area contributed by atoms with Crippen LogP contribution in [0.15, 0.2) is 91.1 Å². The van der Waals surface area contributed by atoms with Crippen LogP contribution in [0.25, 0.3) is 22.6 Å². The van der Waals surface area contributed by atoms with Crippen LogP contribution in [-0.2, 0) is 6.54 Å². The van der Waals surface area contributed by atoms with Crippen molar-refractivity contribution in [2.75, 3.05) is 7.05 Å². The molecule has 5 aromatic rings. The number of benzene rings is 3. The molecule has 0 saturated heterocycles. The van der Waals surface area contributed by atoms with Crippen LogP contribution in [0.2, 0.25) is 0 Å².